The number of aromatic nitrogens is 2. The molecule has 0 bridgehead atoms. The first-order valence-electron chi connectivity index (χ1n) is 9.16. The Hall–Kier alpha value is -3.28. The third kappa shape index (κ3) is 4.91. The molecule has 1 aromatic heterocycles. The van der Waals surface area contributed by atoms with E-state index >= 15 is 0 Å². The van der Waals surface area contributed by atoms with Gasteiger partial charge < -0.3 is 10.6 Å². The summed E-state index contributed by atoms with van der Waals surface area (Å²) in [5.41, 5.74) is 2.77. The minimum atomic E-state index is -0.382. The molecule has 0 atom stereocenters. The van der Waals surface area contributed by atoms with Gasteiger partial charge in [0.25, 0.3) is 5.91 Å². The van der Waals surface area contributed by atoms with Crippen LogP contribution in [0.5, 0.6) is 0 Å². The smallest absolute Gasteiger partial charge is 0.270 e. The number of nitrogens with zero attached hydrogens (tertiary/aromatic N) is 2. The lowest BCUT2D eigenvalue weighted by Gasteiger charge is -2.11. The van der Waals surface area contributed by atoms with Gasteiger partial charge in [-0.2, -0.15) is 0 Å². The molecule has 2 aromatic carbocycles. The van der Waals surface area contributed by atoms with Gasteiger partial charge in [0, 0.05) is 23.9 Å². The average molecular weight is 378 g/mol. The van der Waals surface area contributed by atoms with Crippen molar-refractivity contribution in [2.24, 2.45) is 0 Å². The van der Waals surface area contributed by atoms with Crippen LogP contribution in [0.25, 0.3) is 0 Å². The third-order valence-corrected chi connectivity index (χ3v) is 4.32. The highest BCUT2D eigenvalue weighted by molar-refractivity contribution is 5.93. The van der Waals surface area contributed by atoms with Crippen molar-refractivity contribution in [1.29, 1.82) is 0 Å². The van der Waals surface area contributed by atoms with E-state index in [1.165, 1.54) is 11.6 Å². The molecule has 3 aromatic rings. The minimum Gasteiger partial charge on any atom is -0.347 e. The fraction of sp³-hybridized carbons (Fsp3) is 0.227. The van der Waals surface area contributed by atoms with Gasteiger partial charge in [-0.25, -0.2) is 14.4 Å². The highest BCUT2D eigenvalue weighted by Gasteiger charge is 2.12. The van der Waals surface area contributed by atoms with Crippen molar-refractivity contribution in [2.45, 2.75) is 33.2 Å². The summed E-state index contributed by atoms with van der Waals surface area (Å²) >= 11 is 0. The Morgan fingerprint density at radius 2 is 1.79 bits per heavy atom. The van der Waals surface area contributed by atoms with Gasteiger partial charge >= 0.3 is 0 Å². The van der Waals surface area contributed by atoms with Crippen LogP contribution in [0.2, 0.25) is 0 Å². The molecular weight excluding hydrogens is 355 g/mol. The van der Waals surface area contributed by atoms with Gasteiger partial charge in [0.15, 0.2) is 0 Å². The average Bonchev–Trinajstić information content (AvgIpc) is 2.67. The van der Waals surface area contributed by atoms with Crippen LogP contribution < -0.4 is 10.6 Å². The Labute approximate surface area is 164 Å². The number of nitrogens with one attached hydrogen (secondary N) is 2. The maximum atomic E-state index is 13.7. The SMILES string of the molecule is Cc1nc(Nc2ccc(C(C)C)cc2)cc(C(=O)NCc2ccccc2F)n1. The van der Waals surface area contributed by atoms with Gasteiger partial charge in [-0.3, -0.25) is 4.79 Å². The van der Waals surface area contributed by atoms with E-state index in [1.54, 1.807) is 31.2 Å². The van der Waals surface area contributed by atoms with Gasteiger partial charge in [-0.05, 0) is 36.6 Å². The number of aryl methyl sites for hydroxylation is 1. The lowest BCUT2D eigenvalue weighted by atomic mass is 10.0. The van der Waals surface area contributed by atoms with Crippen LogP contribution in [0, 0.1) is 12.7 Å². The van der Waals surface area contributed by atoms with Crippen molar-refractivity contribution < 1.29 is 9.18 Å². The Bertz CT molecular complexity index is 971. The molecule has 3 rings (SSSR count). The van der Waals surface area contributed by atoms with Crippen LogP contribution in [-0.4, -0.2) is 15.9 Å². The summed E-state index contributed by atoms with van der Waals surface area (Å²) in [6, 6.07) is 16.0. The minimum absolute atomic E-state index is 0.0913. The van der Waals surface area contributed by atoms with Crippen molar-refractivity contribution in [3.05, 3.63) is 83.1 Å². The summed E-state index contributed by atoms with van der Waals surface area (Å²) in [7, 11) is 0. The highest BCUT2D eigenvalue weighted by atomic mass is 19.1. The molecule has 0 aliphatic rings. The predicted molar refractivity (Wildman–Crippen MR) is 108 cm³/mol. The van der Waals surface area contributed by atoms with E-state index in [0.717, 1.165) is 5.69 Å². The van der Waals surface area contributed by atoms with Crippen molar-refractivity contribution in [3.63, 3.8) is 0 Å². The molecule has 6 heteroatoms. The summed E-state index contributed by atoms with van der Waals surface area (Å²) < 4.78 is 13.7. The maximum absolute atomic E-state index is 13.7. The summed E-state index contributed by atoms with van der Waals surface area (Å²) in [5, 5.41) is 5.90. The summed E-state index contributed by atoms with van der Waals surface area (Å²) in [6.07, 6.45) is 0. The van der Waals surface area contributed by atoms with Crippen molar-refractivity contribution in [2.75, 3.05) is 5.32 Å². The monoisotopic (exact) mass is 378 g/mol. The lowest BCUT2D eigenvalue weighted by molar-refractivity contribution is 0.0945. The normalized spacial score (nSPS) is 10.8. The number of hydrogen-bond acceptors (Lipinski definition) is 4. The van der Waals surface area contributed by atoms with Gasteiger partial charge in [0.1, 0.15) is 23.2 Å². The summed E-state index contributed by atoms with van der Waals surface area (Å²) in [6.45, 7) is 6.10. The second-order valence-corrected chi connectivity index (χ2v) is 6.86. The molecule has 0 fully saturated rings. The van der Waals surface area contributed by atoms with E-state index in [-0.39, 0.29) is 24.0 Å². The van der Waals surface area contributed by atoms with Crippen molar-refractivity contribution in [3.8, 4) is 0 Å². The molecule has 0 radical (unpaired) electrons. The van der Waals surface area contributed by atoms with E-state index < -0.39 is 0 Å². The third-order valence-electron chi connectivity index (χ3n) is 4.32. The number of halogens is 1. The Morgan fingerprint density at radius 1 is 1.07 bits per heavy atom. The van der Waals surface area contributed by atoms with Crippen LogP contribution in [0.1, 0.15) is 47.2 Å². The first-order valence-corrected chi connectivity index (χ1v) is 9.16. The van der Waals surface area contributed by atoms with E-state index in [4.69, 9.17) is 0 Å². The van der Waals surface area contributed by atoms with Crippen LogP contribution in [0.3, 0.4) is 0 Å². The zero-order chi connectivity index (χ0) is 20.1. The molecule has 0 unspecified atom stereocenters. The molecule has 28 heavy (non-hydrogen) atoms. The number of amides is 1. The largest absolute Gasteiger partial charge is 0.347 e. The fourth-order valence-corrected chi connectivity index (χ4v) is 2.76. The molecule has 0 aliphatic heterocycles. The van der Waals surface area contributed by atoms with Crippen molar-refractivity contribution >= 4 is 17.4 Å². The predicted octanol–water partition coefficient (Wildman–Crippen LogP) is 4.72. The van der Waals surface area contributed by atoms with E-state index in [0.29, 0.717) is 23.1 Å². The van der Waals surface area contributed by atoms with Crippen LogP contribution in [0.4, 0.5) is 15.9 Å². The summed E-state index contributed by atoms with van der Waals surface area (Å²) in [4.78, 5) is 21.0. The Balaban J connectivity index is 1.71. The maximum Gasteiger partial charge on any atom is 0.270 e. The lowest BCUT2D eigenvalue weighted by Crippen LogP contribution is -2.25. The number of anilines is 2. The molecule has 5 nitrogen and oxygen atoms in total. The van der Waals surface area contributed by atoms with Gasteiger partial charge in [0.2, 0.25) is 0 Å². The van der Waals surface area contributed by atoms with Gasteiger partial charge in [-0.15, -0.1) is 0 Å². The molecular formula is C22H23FN4O. The molecule has 2 N–H and O–H groups in total. The Kier molecular flexibility index (Phi) is 5.99. The molecule has 1 amide bonds. The van der Waals surface area contributed by atoms with Crippen LogP contribution in [-0.2, 0) is 6.54 Å². The first-order chi connectivity index (χ1) is 13.4. The number of carbonyl (C=O) groups is 1. The van der Waals surface area contributed by atoms with Crippen molar-refractivity contribution in [1.82, 2.24) is 15.3 Å². The topological polar surface area (TPSA) is 66.9 Å². The number of rotatable bonds is 6. The molecule has 0 aliphatic carbocycles. The number of carbonyl (C=O) groups excluding carboxylic acids is 1. The quantitative estimate of drug-likeness (QED) is 0.651. The zero-order valence-corrected chi connectivity index (χ0v) is 16.2. The second-order valence-electron chi connectivity index (χ2n) is 6.86. The number of hydrogen-bond donors (Lipinski definition) is 2. The fourth-order valence-electron chi connectivity index (χ4n) is 2.76. The first kappa shape index (κ1) is 19.5. The zero-order valence-electron chi connectivity index (χ0n) is 16.2. The van der Waals surface area contributed by atoms with Gasteiger partial charge in [0.05, 0.1) is 0 Å². The van der Waals surface area contributed by atoms with Crippen LogP contribution in [0.15, 0.2) is 54.6 Å². The molecule has 0 saturated heterocycles. The molecule has 0 spiro atoms. The second kappa shape index (κ2) is 8.61. The van der Waals surface area contributed by atoms with Crippen LogP contribution >= 0.6 is 0 Å². The molecule has 144 valence electrons. The molecule has 0 saturated carbocycles. The van der Waals surface area contributed by atoms with Gasteiger partial charge in [-0.1, -0.05) is 44.2 Å². The van der Waals surface area contributed by atoms with E-state index in [1.807, 2.05) is 12.1 Å². The standard InChI is InChI=1S/C22H23FN4O/c1-14(2)16-8-10-18(11-9-16)27-21-12-20(25-15(3)26-21)22(28)24-13-17-6-4-5-7-19(17)23/h4-12,14H,13H2,1-3H3,(H,24,28)(H,25,26,27). The Morgan fingerprint density at radius 3 is 2.46 bits per heavy atom. The summed E-state index contributed by atoms with van der Waals surface area (Å²) in [5.74, 6) is 0.724. The molecule has 1 heterocycles. The van der Waals surface area contributed by atoms with E-state index in [9.17, 15) is 9.18 Å². The highest BCUT2D eigenvalue weighted by Crippen LogP contribution is 2.20. The number of benzene rings is 2. The van der Waals surface area contributed by atoms with E-state index in [2.05, 4.69) is 46.6 Å².